The zero-order chi connectivity index (χ0) is 14.2. The molecule has 0 amide bonds. The van der Waals surface area contributed by atoms with Crippen LogP contribution in [0.1, 0.15) is 58.3 Å². The first-order valence-corrected chi connectivity index (χ1v) is 8.96. The van der Waals surface area contributed by atoms with E-state index >= 15 is 0 Å². The highest BCUT2D eigenvalue weighted by atomic mass is 15.2. The maximum Gasteiger partial charge on any atom is 0.0112 e. The molecule has 1 aliphatic heterocycles. The Morgan fingerprint density at radius 3 is 2.45 bits per heavy atom. The maximum atomic E-state index is 5.56. The standard InChI is InChI=1S/C17H35N3/c1-16-6-8-17(9-7-16)20-13-5-12-19(14-15-20)11-4-2-3-10-18/h16-17H,2-15,18H2,1H3. The Labute approximate surface area is 125 Å². The third-order valence-electron chi connectivity index (χ3n) is 5.30. The van der Waals surface area contributed by atoms with Crippen LogP contribution < -0.4 is 5.73 Å². The predicted octanol–water partition coefficient (Wildman–Crippen LogP) is 2.70. The maximum absolute atomic E-state index is 5.56. The molecule has 3 nitrogen and oxygen atoms in total. The smallest absolute Gasteiger partial charge is 0.0112 e. The van der Waals surface area contributed by atoms with Crippen LogP contribution >= 0.6 is 0 Å². The summed E-state index contributed by atoms with van der Waals surface area (Å²) < 4.78 is 0. The molecule has 0 radical (unpaired) electrons. The number of nitrogens with zero attached hydrogens (tertiary/aromatic N) is 2. The molecule has 2 aliphatic rings. The van der Waals surface area contributed by atoms with Crippen molar-refractivity contribution < 1.29 is 0 Å². The molecule has 0 aromatic heterocycles. The number of unbranched alkanes of at least 4 members (excludes halogenated alkanes) is 2. The molecule has 1 heterocycles. The number of nitrogens with two attached hydrogens (primary N) is 1. The summed E-state index contributed by atoms with van der Waals surface area (Å²) in [5, 5.41) is 0. The molecule has 1 saturated carbocycles. The van der Waals surface area contributed by atoms with Gasteiger partial charge in [0.2, 0.25) is 0 Å². The molecule has 0 bridgehead atoms. The van der Waals surface area contributed by atoms with Crippen LogP contribution in [0.5, 0.6) is 0 Å². The van der Waals surface area contributed by atoms with Crippen molar-refractivity contribution in [3.05, 3.63) is 0 Å². The summed E-state index contributed by atoms with van der Waals surface area (Å²) >= 11 is 0. The van der Waals surface area contributed by atoms with E-state index in [1.165, 1.54) is 84.1 Å². The lowest BCUT2D eigenvalue weighted by molar-refractivity contribution is 0.143. The normalized spacial score (nSPS) is 30.3. The lowest BCUT2D eigenvalue weighted by Gasteiger charge is -2.35. The predicted molar refractivity (Wildman–Crippen MR) is 87.0 cm³/mol. The molecule has 1 aliphatic carbocycles. The molecule has 0 atom stereocenters. The Kier molecular flexibility index (Phi) is 7.32. The van der Waals surface area contributed by atoms with Crippen LogP contribution in [0.2, 0.25) is 0 Å². The number of hydrogen-bond acceptors (Lipinski definition) is 3. The zero-order valence-corrected chi connectivity index (χ0v) is 13.5. The van der Waals surface area contributed by atoms with Crippen molar-refractivity contribution in [2.24, 2.45) is 11.7 Å². The summed E-state index contributed by atoms with van der Waals surface area (Å²) in [6, 6.07) is 0.892. The fraction of sp³-hybridized carbons (Fsp3) is 1.00. The minimum absolute atomic E-state index is 0.855. The second-order valence-corrected chi connectivity index (χ2v) is 6.99. The Hall–Kier alpha value is -0.120. The van der Waals surface area contributed by atoms with Crippen molar-refractivity contribution in [2.45, 2.75) is 64.3 Å². The van der Waals surface area contributed by atoms with Gasteiger partial charge in [-0.2, -0.15) is 0 Å². The van der Waals surface area contributed by atoms with Crippen molar-refractivity contribution in [3.8, 4) is 0 Å². The van der Waals surface area contributed by atoms with Gasteiger partial charge in [-0.3, -0.25) is 4.90 Å². The minimum atomic E-state index is 0.855. The van der Waals surface area contributed by atoms with Gasteiger partial charge in [0.1, 0.15) is 0 Å². The van der Waals surface area contributed by atoms with Crippen molar-refractivity contribution in [3.63, 3.8) is 0 Å². The molecule has 0 spiro atoms. The highest BCUT2D eigenvalue weighted by Crippen LogP contribution is 2.27. The Bertz CT molecular complexity index is 249. The zero-order valence-electron chi connectivity index (χ0n) is 13.5. The highest BCUT2D eigenvalue weighted by Gasteiger charge is 2.25. The van der Waals surface area contributed by atoms with Crippen LogP contribution in [0.3, 0.4) is 0 Å². The van der Waals surface area contributed by atoms with Crippen molar-refractivity contribution in [1.29, 1.82) is 0 Å². The minimum Gasteiger partial charge on any atom is -0.330 e. The van der Waals surface area contributed by atoms with E-state index in [-0.39, 0.29) is 0 Å². The monoisotopic (exact) mass is 281 g/mol. The van der Waals surface area contributed by atoms with Crippen LogP contribution in [0.4, 0.5) is 0 Å². The van der Waals surface area contributed by atoms with Gasteiger partial charge in [-0.05, 0) is 77.0 Å². The Morgan fingerprint density at radius 1 is 0.900 bits per heavy atom. The molecule has 118 valence electrons. The van der Waals surface area contributed by atoms with Gasteiger partial charge >= 0.3 is 0 Å². The lowest BCUT2D eigenvalue weighted by Crippen LogP contribution is -2.40. The Balaban J connectivity index is 1.66. The van der Waals surface area contributed by atoms with Gasteiger partial charge in [0.15, 0.2) is 0 Å². The molecule has 2 fully saturated rings. The van der Waals surface area contributed by atoms with Crippen LogP contribution in [-0.2, 0) is 0 Å². The summed E-state index contributed by atoms with van der Waals surface area (Å²) in [5.74, 6) is 0.970. The second-order valence-electron chi connectivity index (χ2n) is 6.99. The average molecular weight is 281 g/mol. The van der Waals surface area contributed by atoms with E-state index in [0.717, 1.165) is 18.5 Å². The average Bonchev–Trinajstić information content (AvgIpc) is 2.70. The lowest BCUT2D eigenvalue weighted by atomic mass is 9.86. The van der Waals surface area contributed by atoms with Gasteiger partial charge in [0.25, 0.3) is 0 Å². The first kappa shape index (κ1) is 16.3. The van der Waals surface area contributed by atoms with E-state index in [1.807, 2.05) is 0 Å². The van der Waals surface area contributed by atoms with E-state index in [1.54, 1.807) is 0 Å². The molecule has 2 rings (SSSR count). The molecule has 20 heavy (non-hydrogen) atoms. The van der Waals surface area contributed by atoms with Crippen molar-refractivity contribution in [1.82, 2.24) is 9.80 Å². The van der Waals surface area contributed by atoms with E-state index in [4.69, 9.17) is 5.73 Å². The van der Waals surface area contributed by atoms with Gasteiger partial charge in [0, 0.05) is 19.1 Å². The fourth-order valence-corrected chi connectivity index (χ4v) is 3.84. The molecule has 0 aromatic rings. The molecule has 2 N–H and O–H groups in total. The summed E-state index contributed by atoms with van der Waals surface area (Å²) in [6.07, 6.45) is 11.0. The summed E-state index contributed by atoms with van der Waals surface area (Å²) in [4.78, 5) is 5.48. The van der Waals surface area contributed by atoms with Crippen LogP contribution in [-0.4, -0.2) is 55.1 Å². The van der Waals surface area contributed by atoms with E-state index in [2.05, 4.69) is 16.7 Å². The quantitative estimate of drug-likeness (QED) is 0.760. The molecular formula is C17H35N3. The molecule has 0 aromatic carbocycles. The first-order valence-electron chi connectivity index (χ1n) is 8.96. The number of hydrogen-bond donors (Lipinski definition) is 1. The summed E-state index contributed by atoms with van der Waals surface area (Å²) in [5.41, 5.74) is 5.56. The molecular weight excluding hydrogens is 246 g/mol. The van der Waals surface area contributed by atoms with Gasteiger partial charge < -0.3 is 10.6 Å². The SMILES string of the molecule is CC1CCC(N2CCCN(CCCCCN)CC2)CC1. The summed E-state index contributed by atoms with van der Waals surface area (Å²) in [6.45, 7) is 9.79. The number of rotatable bonds is 6. The molecule has 0 unspecified atom stereocenters. The van der Waals surface area contributed by atoms with Crippen LogP contribution in [0.15, 0.2) is 0 Å². The van der Waals surface area contributed by atoms with Gasteiger partial charge in [-0.25, -0.2) is 0 Å². The van der Waals surface area contributed by atoms with Crippen molar-refractivity contribution >= 4 is 0 Å². The van der Waals surface area contributed by atoms with Gasteiger partial charge in [-0.15, -0.1) is 0 Å². The molecule has 3 heteroatoms. The topological polar surface area (TPSA) is 32.5 Å². The van der Waals surface area contributed by atoms with E-state index in [9.17, 15) is 0 Å². The third kappa shape index (κ3) is 5.34. The Morgan fingerprint density at radius 2 is 1.70 bits per heavy atom. The largest absolute Gasteiger partial charge is 0.330 e. The molecule has 1 saturated heterocycles. The summed E-state index contributed by atoms with van der Waals surface area (Å²) in [7, 11) is 0. The van der Waals surface area contributed by atoms with Gasteiger partial charge in [0.05, 0.1) is 0 Å². The highest BCUT2D eigenvalue weighted by molar-refractivity contribution is 4.81. The van der Waals surface area contributed by atoms with Crippen molar-refractivity contribution in [2.75, 3.05) is 39.3 Å². The first-order chi connectivity index (χ1) is 9.79. The fourth-order valence-electron chi connectivity index (χ4n) is 3.84. The van der Waals surface area contributed by atoms with E-state index < -0.39 is 0 Å². The third-order valence-corrected chi connectivity index (χ3v) is 5.30. The second kappa shape index (κ2) is 9.01. The van der Waals surface area contributed by atoms with Crippen LogP contribution in [0.25, 0.3) is 0 Å². The van der Waals surface area contributed by atoms with E-state index in [0.29, 0.717) is 0 Å². The van der Waals surface area contributed by atoms with Gasteiger partial charge in [-0.1, -0.05) is 13.3 Å². The van der Waals surface area contributed by atoms with Crippen LogP contribution in [0, 0.1) is 5.92 Å².